The van der Waals surface area contributed by atoms with E-state index < -0.39 is 0 Å². The molecule has 0 unspecified atom stereocenters. The Balaban J connectivity index is 1.35. The first-order chi connectivity index (χ1) is 11.1. The Hall–Kier alpha value is -0.910. The van der Waals surface area contributed by atoms with Crippen molar-refractivity contribution in [2.24, 2.45) is 0 Å². The molecule has 1 spiro atoms. The van der Waals surface area contributed by atoms with Crippen LogP contribution in [0.5, 0.6) is 0 Å². The van der Waals surface area contributed by atoms with Gasteiger partial charge in [0.25, 0.3) is 0 Å². The van der Waals surface area contributed by atoms with Crippen LogP contribution in [0, 0.1) is 0 Å². The van der Waals surface area contributed by atoms with E-state index >= 15 is 0 Å². The molecular weight excluding hydrogens is 356 g/mol. The average molecular weight is 379 g/mol. The highest BCUT2D eigenvalue weighted by Crippen LogP contribution is 2.36. The first kappa shape index (κ1) is 15.6. The summed E-state index contributed by atoms with van der Waals surface area (Å²) in [5.41, 5.74) is 1.26. The third-order valence-electron chi connectivity index (χ3n) is 5.36. The SMILES string of the molecule is O=C1COC2(CCN(Cc3ccc(Br)cc3)CC2)CN1C1CC1. The standard InChI is InChI=1S/C18H23BrN2O2/c19-15-3-1-14(2-4-15)11-20-9-7-18(8-10-20)13-21(16-5-6-16)17(22)12-23-18/h1-4,16H,5-13H2. The minimum atomic E-state index is -0.0906. The summed E-state index contributed by atoms with van der Waals surface area (Å²) < 4.78 is 7.14. The second-order valence-electron chi connectivity index (χ2n) is 7.13. The number of halogens is 1. The van der Waals surface area contributed by atoms with Crippen LogP contribution in [0.2, 0.25) is 0 Å². The molecule has 1 saturated carbocycles. The summed E-state index contributed by atoms with van der Waals surface area (Å²) in [5, 5.41) is 0. The van der Waals surface area contributed by atoms with Crippen LogP contribution in [0.25, 0.3) is 0 Å². The molecule has 1 aromatic rings. The summed E-state index contributed by atoms with van der Waals surface area (Å²) in [7, 11) is 0. The second-order valence-corrected chi connectivity index (χ2v) is 8.04. The summed E-state index contributed by atoms with van der Waals surface area (Å²) in [5.74, 6) is 0.190. The number of benzene rings is 1. The molecule has 23 heavy (non-hydrogen) atoms. The fourth-order valence-electron chi connectivity index (χ4n) is 3.73. The zero-order valence-corrected chi connectivity index (χ0v) is 14.9. The van der Waals surface area contributed by atoms with E-state index in [1.54, 1.807) is 0 Å². The van der Waals surface area contributed by atoms with Gasteiger partial charge in [0.05, 0.1) is 12.1 Å². The zero-order valence-electron chi connectivity index (χ0n) is 13.3. The van der Waals surface area contributed by atoms with Crippen molar-refractivity contribution in [1.82, 2.24) is 9.80 Å². The monoisotopic (exact) mass is 378 g/mol. The Morgan fingerprint density at radius 2 is 1.87 bits per heavy atom. The molecule has 3 fully saturated rings. The number of nitrogens with zero attached hydrogens (tertiary/aromatic N) is 2. The van der Waals surface area contributed by atoms with Gasteiger partial charge in [0.15, 0.2) is 0 Å². The van der Waals surface area contributed by atoms with Crippen LogP contribution in [0.4, 0.5) is 0 Å². The number of hydrogen-bond donors (Lipinski definition) is 0. The number of carbonyl (C=O) groups is 1. The topological polar surface area (TPSA) is 32.8 Å². The number of rotatable bonds is 3. The zero-order chi connectivity index (χ0) is 15.9. The molecule has 0 bridgehead atoms. The first-order valence-electron chi connectivity index (χ1n) is 8.54. The van der Waals surface area contributed by atoms with Gasteiger partial charge >= 0.3 is 0 Å². The maximum Gasteiger partial charge on any atom is 0.248 e. The van der Waals surface area contributed by atoms with Gasteiger partial charge in [-0.25, -0.2) is 0 Å². The predicted molar refractivity (Wildman–Crippen MR) is 92.1 cm³/mol. The summed E-state index contributed by atoms with van der Waals surface area (Å²) in [4.78, 5) is 16.6. The summed E-state index contributed by atoms with van der Waals surface area (Å²) in [6, 6.07) is 9.07. The second kappa shape index (κ2) is 6.19. The molecule has 1 amide bonds. The van der Waals surface area contributed by atoms with Crippen molar-refractivity contribution in [1.29, 1.82) is 0 Å². The lowest BCUT2D eigenvalue weighted by molar-refractivity contribution is -0.172. The lowest BCUT2D eigenvalue weighted by atomic mass is 9.89. The molecule has 0 aromatic heterocycles. The van der Waals surface area contributed by atoms with E-state index in [2.05, 4.69) is 50.0 Å². The molecule has 2 saturated heterocycles. The highest BCUT2D eigenvalue weighted by Gasteiger charge is 2.46. The van der Waals surface area contributed by atoms with Gasteiger partial charge in [0.1, 0.15) is 6.61 Å². The Kier molecular flexibility index (Phi) is 4.20. The van der Waals surface area contributed by atoms with Crippen LogP contribution in [0.15, 0.2) is 28.7 Å². The van der Waals surface area contributed by atoms with Gasteiger partial charge in [-0.05, 0) is 43.4 Å². The van der Waals surface area contributed by atoms with Gasteiger partial charge in [-0.15, -0.1) is 0 Å². The van der Waals surface area contributed by atoms with Gasteiger partial charge in [-0.1, -0.05) is 28.1 Å². The Labute approximate surface area is 145 Å². The van der Waals surface area contributed by atoms with Crippen molar-refractivity contribution in [2.45, 2.75) is 43.9 Å². The Bertz CT molecular complexity index is 577. The molecular formula is C18H23BrN2O2. The normalized spacial score (nSPS) is 25.1. The predicted octanol–water partition coefficient (Wildman–Crippen LogP) is 2.80. The van der Waals surface area contributed by atoms with Crippen LogP contribution in [0.1, 0.15) is 31.2 Å². The van der Waals surface area contributed by atoms with Crippen molar-refractivity contribution in [2.75, 3.05) is 26.2 Å². The van der Waals surface area contributed by atoms with Gasteiger partial charge in [-0.2, -0.15) is 0 Å². The number of ether oxygens (including phenoxy) is 1. The summed E-state index contributed by atoms with van der Waals surface area (Å²) >= 11 is 3.48. The third kappa shape index (κ3) is 3.47. The molecule has 2 heterocycles. The lowest BCUT2D eigenvalue weighted by Gasteiger charge is -2.47. The summed E-state index contributed by atoms with van der Waals surface area (Å²) in [6.07, 6.45) is 4.41. The van der Waals surface area contributed by atoms with Crippen LogP contribution in [-0.2, 0) is 16.1 Å². The third-order valence-corrected chi connectivity index (χ3v) is 5.88. The van der Waals surface area contributed by atoms with Crippen molar-refractivity contribution < 1.29 is 9.53 Å². The quantitative estimate of drug-likeness (QED) is 0.810. The molecule has 1 aromatic carbocycles. The largest absolute Gasteiger partial charge is 0.363 e. The molecule has 2 aliphatic heterocycles. The van der Waals surface area contributed by atoms with E-state index in [-0.39, 0.29) is 18.1 Å². The smallest absolute Gasteiger partial charge is 0.248 e. The van der Waals surface area contributed by atoms with Crippen molar-refractivity contribution in [3.63, 3.8) is 0 Å². The van der Waals surface area contributed by atoms with Crippen molar-refractivity contribution in [3.8, 4) is 0 Å². The Morgan fingerprint density at radius 3 is 2.52 bits per heavy atom. The maximum atomic E-state index is 12.0. The van der Waals surface area contributed by atoms with E-state index in [0.717, 1.165) is 43.5 Å². The molecule has 5 heteroatoms. The first-order valence-corrected chi connectivity index (χ1v) is 9.33. The molecule has 0 atom stereocenters. The van der Waals surface area contributed by atoms with Crippen molar-refractivity contribution >= 4 is 21.8 Å². The van der Waals surface area contributed by atoms with E-state index in [1.807, 2.05) is 0 Å². The van der Waals surface area contributed by atoms with Crippen LogP contribution >= 0.6 is 15.9 Å². The van der Waals surface area contributed by atoms with E-state index in [4.69, 9.17) is 4.74 Å². The minimum absolute atomic E-state index is 0.0906. The highest BCUT2D eigenvalue weighted by atomic mass is 79.9. The number of morpholine rings is 1. The average Bonchev–Trinajstić information content (AvgIpc) is 3.39. The molecule has 4 rings (SSSR count). The van der Waals surface area contributed by atoms with E-state index in [9.17, 15) is 4.79 Å². The molecule has 0 N–H and O–H groups in total. The maximum absolute atomic E-state index is 12.0. The fraction of sp³-hybridized carbons (Fsp3) is 0.611. The highest BCUT2D eigenvalue weighted by molar-refractivity contribution is 9.10. The number of piperidine rings is 1. The van der Waals surface area contributed by atoms with E-state index in [1.165, 1.54) is 18.4 Å². The van der Waals surface area contributed by atoms with Crippen LogP contribution in [-0.4, -0.2) is 53.6 Å². The van der Waals surface area contributed by atoms with Crippen LogP contribution in [0.3, 0.4) is 0 Å². The van der Waals surface area contributed by atoms with Gasteiger partial charge in [-0.3, -0.25) is 9.69 Å². The Morgan fingerprint density at radius 1 is 1.17 bits per heavy atom. The number of likely N-dealkylation sites (tertiary alicyclic amines) is 1. The van der Waals surface area contributed by atoms with Gasteiger partial charge in [0, 0.05) is 30.1 Å². The fourth-order valence-corrected chi connectivity index (χ4v) is 3.99. The summed E-state index contributed by atoms with van der Waals surface area (Å²) in [6.45, 7) is 4.17. The van der Waals surface area contributed by atoms with Gasteiger partial charge < -0.3 is 9.64 Å². The van der Waals surface area contributed by atoms with Crippen LogP contribution < -0.4 is 0 Å². The van der Waals surface area contributed by atoms with Crippen molar-refractivity contribution in [3.05, 3.63) is 34.3 Å². The molecule has 3 aliphatic rings. The minimum Gasteiger partial charge on any atom is -0.363 e. The molecule has 1 aliphatic carbocycles. The van der Waals surface area contributed by atoms with E-state index in [0.29, 0.717) is 6.04 Å². The number of amides is 1. The van der Waals surface area contributed by atoms with Gasteiger partial charge in [0.2, 0.25) is 5.91 Å². The molecule has 0 radical (unpaired) electrons. The molecule has 124 valence electrons. The lowest BCUT2D eigenvalue weighted by Crippen LogP contribution is -2.59. The number of carbonyl (C=O) groups excluding carboxylic acids is 1. The molecule has 4 nitrogen and oxygen atoms in total. The number of hydrogen-bond acceptors (Lipinski definition) is 3.